The van der Waals surface area contributed by atoms with Crippen LogP contribution in [0.15, 0.2) is 47.5 Å². The number of nitrogens with zero attached hydrogens (tertiary/aromatic N) is 2. The van der Waals surface area contributed by atoms with Gasteiger partial charge in [-0.2, -0.15) is 0 Å². The van der Waals surface area contributed by atoms with Crippen LogP contribution in [0.5, 0.6) is 0 Å². The second kappa shape index (κ2) is 10.8. The van der Waals surface area contributed by atoms with Gasteiger partial charge in [-0.3, -0.25) is 4.99 Å². The van der Waals surface area contributed by atoms with Crippen LogP contribution >= 0.6 is 35.6 Å². The van der Waals surface area contributed by atoms with E-state index in [1.165, 1.54) is 12.1 Å². The van der Waals surface area contributed by atoms with Crippen LogP contribution in [0, 0.1) is 17.6 Å². The van der Waals surface area contributed by atoms with Gasteiger partial charge in [0.1, 0.15) is 0 Å². The summed E-state index contributed by atoms with van der Waals surface area (Å²) in [7, 11) is 1.74. The molecule has 1 unspecified atom stereocenters. The number of hydrogen-bond acceptors (Lipinski definition) is 2. The molecule has 0 spiro atoms. The highest BCUT2D eigenvalue weighted by atomic mass is 127. The van der Waals surface area contributed by atoms with Crippen LogP contribution in [0.1, 0.15) is 12.0 Å². The van der Waals surface area contributed by atoms with E-state index in [4.69, 9.17) is 11.6 Å². The first-order chi connectivity index (χ1) is 13.0. The standard InChI is InChI=1S/C20H23ClF2N4.HI/c1-24-20(25-11-14-2-4-16(21)5-3-14)26-12-15-8-9-27(13-15)17-6-7-18(22)19(23)10-17;/h2-7,10,15H,8-9,11-13H2,1H3,(H2,24,25,26);1H. The molecule has 0 aromatic heterocycles. The average Bonchev–Trinajstić information content (AvgIpc) is 3.14. The van der Waals surface area contributed by atoms with Gasteiger partial charge in [-0.25, -0.2) is 8.78 Å². The van der Waals surface area contributed by atoms with Gasteiger partial charge in [0.2, 0.25) is 0 Å². The number of halogens is 4. The highest BCUT2D eigenvalue weighted by Gasteiger charge is 2.23. The zero-order valence-electron chi connectivity index (χ0n) is 15.6. The summed E-state index contributed by atoms with van der Waals surface area (Å²) in [4.78, 5) is 6.33. The molecule has 1 fully saturated rings. The van der Waals surface area contributed by atoms with Crippen molar-refractivity contribution < 1.29 is 8.78 Å². The minimum atomic E-state index is -0.813. The van der Waals surface area contributed by atoms with Crippen molar-refractivity contribution in [2.45, 2.75) is 13.0 Å². The lowest BCUT2D eigenvalue weighted by molar-refractivity contribution is 0.508. The molecule has 152 valence electrons. The number of aliphatic imine (C=N–C) groups is 1. The highest BCUT2D eigenvalue weighted by molar-refractivity contribution is 14.0. The molecule has 0 radical (unpaired) electrons. The predicted molar refractivity (Wildman–Crippen MR) is 122 cm³/mol. The fourth-order valence-electron chi connectivity index (χ4n) is 3.17. The largest absolute Gasteiger partial charge is 0.371 e. The monoisotopic (exact) mass is 520 g/mol. The first-order valence-corrected chi connectivity index (χ1v) is 9.32. The van der Waals surface area contributed by atoms with Gasteiger partial charge >= 0.3 is 0 Å². The Morgan fingerprint density at radius 3 is 2.57 bits per heavy atom. The SMILES string of the molecule is CN=C(NCc1ccc(Cl)cc1)NCC1CCN(c2ccc(F)c(F)c2)C1.I. The molecule has 3 rings (SSSR count). The van der Waals surface area contributed by atoms with Crippen molar-refractivity contribution >= 4 is 47.2 Å². The number of anilines is 1. The second-order valence-electron chi connectivity index (χ2n) is 6.63. The number of hydrogen-bond donors (Lipinski definition) is 2. The Morgan fingerprint density at radius 1 is 1.14 bits per heavy atom. The van der Waals surface area contributed by atoms with E-state index in [1.807, 2.05) is 24.3 Å². The topological polar surface area (TPSA) is 39.7 Å². The summed E-state index contributed by atoms with van der Waals surface area (Å²) in [6.45, 7) is 3.05. The third kappa shape index (κ3) is 6.20. The average molecular weight is 521 g/mol. The molecule has 8 heteroatoms. The molecular weight excluding hydrogens is 497 g/mol. The minimum Gasteiger partial charge on any atom is -0.371 e. The van der Waals surface area contributed by atoms with Gasteiger partial charge in [-0.1, -0.05) is 23.7 Å². The molecule has 1 aliphatic rings. The summed E-state index contributed by atoms with van der Waals surface area (Å²) < 4.78 is 26.5. The summed E-state index contributed by atoms with van der Waals surface area (Å²) in [5.41, 5.74) is 1.84. The van der Waals surface area contributed by atoms with Crippen molar-refractivity contribution in [1.29, 1.82) is 0 Å². The van der Waals surface area contributed by atoms with Crippen LogP contribution in [-0.4, -0.2) is 32.6 Å². The van der Waals surface area contributed by atoms with Crippen LogP contribution < -0.4 is 15.5 Å². The van der Waals surface area contributed by atoms with Crippen molar-refractivity contribution in [2.24, 2.45) is 10.9 Å². The van der Waals surface area contributed by atoms with Crippen LogP contribution in [0.25, 0.3) is 0 Å². The van der Waals surface area contributed by atoms with Crippen LogP contribution in [0.2, 0.25) is 5.02 Å². The van der Waals surface area contributed by atoms with Crippen molar-refractivity contribution in [3.63, 3.8) is 0 Å². The molecule has 0 saturated carbocycles. The van der Waals surface area contributed by atoms with Gasteiger partial charge in [-0.05, 0) is 42.2 Å². The van der Waals surface area contributed by atoms with E-state index in [-0.39, 0.29) is 24.0 Å². The zero-order chi connectivity index (χ0) is 19.2. The van der Waals surface area contributed by atoms with E-state index in [9.17, 15) is 8.78 Å². The summed E-state index contributed by atoms with van der Waals surface area (Å²) in [5, 5.41) is 7.33. The Labute approximate surface area is 186 Å². The lowest BCUT2D eigenvalue weighted by atomic mass is 10.1. The van der Waals surface area contributed by atoms with E-state index in [0.29, 0.717) is 17.5 Å². The van der Waals surface area contributed by atoms with Gasteiger partial charge in [-0.15, -0.1) is 24.0 Å². The zero-order valence-corrected chi connectivity index (χ0v) is 18.7. The van der Waals surface area contributed by atoms with E-state index >= 15 is 0 Å². The first-order valence-electron chi connectivity index (χ1n) is 8.94. The predicted octanol–water partition coefficient (Wildman–Crippen LogP) is 4.43. The van der Waals surface area contributed by atoms with Gasteiger partial charge < -0.3 is 15.5 Å². The quantitative estimate of drug-likeness (QED) is 0.348. The maximum absolute atomic E-state index is 13.4. The lowest BCUT2D eigenvalue weighted by Gasteiger charge is -2.19. The molecule has 0 bridgehead atoms. The number of guanidine groups is 1. The lowest BCUT2D eigenvalue weighted by Crippen LogP contribution is -2.39. The molecule has 1 heterocycles. The maximum atomic E-state index is 13.4. The number of rotatable bonds is 5. The molecule has 1 saturated heterocycles. The van der Waals surface area contributed by atoms with Crippen molar-refractivity contribution in [2.75, 3.05) is 31.6 Å². The van der Waals surface area contributed by atoms with E-state index in [1.54, 1.807) is 13.1 Å². The van der Waals surface area contributed by atoms with Gasteiger partial charge in [0.15, 0.2) is 17.6 Å². The first kappa shape index (κ1) is 22.7. The molecular formula is C20H24ClF2IN4. The smallest absolute Gasteiger partial charge is 0.191 e. The van der Waals surface area contributed by atoms with Crippen molar-refractivity contribution in [1.82, 2.24) is 10.6 Å². The molecule has 2 aromatic rings. The fourth-order valence-corrected chi connectivity index (χ4v) is 3.29. The highest BCUT2D eigenvalue weighted by Crippen LogP contribution is 2.25. The van der Waals surface area contributed by atoms with E-state index < -0.39 is 11.6 Å². The maximum Gasteiger partial charge on any atom is 0.191 e. The Kier molecular flexibility index (Phi) is 8.75. The summed E-state index contributed by atoms with van der Waals surface area (Å²) in [6.07, 6.45) is 0.986. The van der Waals surface area contributed by atoms with Crippen molar-refractivity contribution in [3.05, 3.63) is 64.7 Å². The van der Waals surface area contributed by atoms with Gasteiger partial charge in [0.05, 0.1) is 0 Å². The van der Waals surface area contributed by atoms with E-state index in [0.717, 1.165) is 43.3 Å². The van der Waals surface area contributed by atoms with Crippen molar-refractivity contribution in [3.8, 4) is 0 Å². The van der Waals surface area contributed by atoms with Gasteiger partial charge in [0, 0.05) is 50.0 Å². The Bertz CT molecular complexity index is 801. The molecule has 1 aliphatic heterocycles. The molecule has 2 aromatic carbocycles. The Balaban J connectivity index is 0.00000280. The molecule has 1 atom stereocenters. The molecule has 4 nitrogen and oxygen atoms in total. The fraction of sp³-hybridized carbons (Fsp3) is 0.350. The summed E-state index contributed by atoms with van der Waals surface area (Å²) in [5.74, 6) is -0.476. The van der Waals surface area contributed by atoms with Crippen LogP contribution in [-0.2, 0) is 6.54 Å². The number of benzene rings is 2. The minimum absolute atomic E-state index is 0. The second-order valence-corrected chi connectivity index (χ2v) is 7.07. The van der Waals surface area contributed by atoms with Crippen LogP contribution in [0.3, 0.4) is 0 Å². The Morgan fingerprint density at radius 2 is 1.89 bits per heavy atom. The van der Waals surface area contributed by atoms with Gasteiger partial charge in [0.25, 0.3) is 0 Å². The number of nitrogens with one attached hydrogen (secondary N) is 2. The Hall–Kier alpha value is -1.61. The normalized spacial score (nSPS) is 16.6. The molecule has 28 heavy (non-hydrogen) atoms. The van der Waals surface area contributed by atoms with Crippen LogP contribution in [0.4, 0.5) is 14.5 Å². The molecule has 0 amide bonds. The van der Waals surface area contributed by atoms with E-state index in [2.05, 4.69) is 20.5 Å². The molecule has 2 N–H and O–H groups in total. The molecule has 0 aliphatic carbocycles. The summed E-state index contributed by atoms with van der Waals surface area (Å²) in [6, 6.07) is 11.7. The third-order valence-corrected chi connectivity index (χ3v) is 4.96. The summed E-state index contributed by atoms with van der Waals surface area (Å²) >= 11 is 5.90. The third-order valence-electron chi connectivity index (χ3n) is 4.71.